The first-order valence-electron chi connectivity index (χ1n) is 10.5. The molecule has 0 bridgehead atoms. The number of piperazine rings is 1. The second-order valence-electron chi connectivity index (χ2n) is 7.70. The van der Waals surface area contributed by atoms with E-state index in [1.54, 1.807) is 43.2 Å². The summed E-state index contributed by atoms with van der Waals surface area (Å²) < 4.78 is 42.3. The first kappa shape index (κ1) is 23.4. The molecule has 1 saturated heterocycles. The fourth-order valence-corrected chi connectivity index (χ4v) is 5.45. The van der Waals surface area contributed by atoms with Crippen molar-refractivity contribution < 1.29 is 17.9 Å². The highest BCUT2D eigenvalue weighted by Crippen LogP contribution is 2.28. The molecule has 0 radical (unpaired) electrons. The molecular formula is C22H27N5O4S2. The van der Waals surface area contributed by atoms with Crippen LogP contribution >= 0.6 is 12.2 Å². The number of nitrogens with zero attached hydrogens (tertiary/aromatic N) is 5. The molecule has 1 aliphatic heterocycles. The molecule has 3 aromatic rings. The fraction of sp³-hybridized carbons (Fsp3) is 0.364. The Morgan fingerprint density at radius 3 is 2.27 bits per heavy atom. The molecule has 0 spiro atoms. The van der Waals surface area contributed by atoms with Crippen molar-refractivity contribution in [1.29, 1.82) is 0 Å². The van der Waals surface area contributed by atoms with Gasteiger partial charge in [-0.2, -0.15) is 9.40 Å². The zero-order valence-corrected chi connectivity index (χ0v) is 20.5. The van der Waals surface area contributed by atoms with Crippen LogP contribution in [0.3, 0.4) is 0 Å². The van der Waals surface area contributed by atoms with Gasteiger partial charge < -0.3 is 14.0 Å². The van der Waals surface area contributed by atoms with Crippen LogP contribution < -0.4 is 9.47 Å². The number of para-hydroxylation sites is 1. The van der Waals surface area contributed by atoms with Crippen molar-refractivity contribution in [3.63, 3.8) is 0 Å². The highest BCUT2D eigenvalue weighted by molar-refractivity contribution is 7.89. The summed E-state index contributed by atoms with van der Waals surface area (Å²) >= 11 is 5.61. The lowest BCUT2D eigenvalue weighted by Gasteiger charge is -2.33. The predicted octanol–water partition coefficient (Wildman–Crippen LogP) is 2.60. The average molecular weight is 490 g/mol. The van der Waals surface area contributed by atoms with E-state index in [2.05, 4.69) is 4.90 Å². The molecule has 33 heavy (non-hydrogen) atoms. The zero-order chi connectivity index (χ0) is 23.6. The molecule has 0 amide bonds. The lowest BCUT2D eigenvalue weighted by Crippen LogP contribution is -2.48. The van der Waals surface area contributed by atoms with Crippen molar-refractivity contribution in [2.24, 2.45) is 7.05 Å². The molecule has 0 saturated carbocycles. The summed E-state index contributed by atoms with van der Waals surface area (Å²) in [6.45, 7) is 2.44. The van der Waals surface area contributed by atoms with Crippen molar-refractivity contribution in [3.05, 3.63) is 53.3 Å². The van der Waals surface area contributed by atoms with E-state index in [9.17, 15) is 8.42 Å². The van der Waals surface area contributed by atoms with Crippen molar-refractivity contribution in [2.75, 3.05) is 40.4 Å². The lowest BCUT2D eigenvalue weighted by atomic mass is 10.2. The number of ether oxygens (including phenoxy) is 2. The minimum absolute atomic E-state index is 0.269. The third kappa shape index (κ3) is 4.67. The van der Waals surface area contributed by atoms with Crippen molar-refractivity contribution >= 4 is 22.2 Å². The molecule has 4 rings (SSSR count). The van der Waals surface area contributed by atoms with E-state index in [1.165, 1.54) is 4.31 Å². The monoisotopic (exact) mass is 489 g/mol. The van der Waals surface area contributed by atoms with Crippen LogP contribution in [-0.4, -0.2) is 72.4 Å². The van der Waals surface area contributed by atoms with Crippen LogP contribution in [0, 0.1) is 4.77 Å². The Kier molecular flexibility index (Phi) is 6.84. The second kappa shape index (κ2) is 9.64. The second-order valence-corrected chi connectivity index (χ2v) is 10.0. The van der Waals surface area contributed by atoms with Gasteiger partial charge in [0.1, 0.15) is 11.5 Å². The maximum atomic E-state index is 13.0. The van der Waals surface area contributed by atoms with E-state index < -0.39 is 10.0 Å². The molecule has 1 aromatic heterocycles. The Balaban J connectivity index is 1.46. The van der Waals surface area contributed by atoms with E-state index >= 15 is 0 Å². The van der Waals surface area contributed by atoms with Gasteiger partial charge in [-0.05, 0) is 48.6 Å². The van der Waals surface area contributed by atoms with E-state index in [1.807, 2.05) is 35.9 Å². The Morgan fingerprint density at radius 1 is 0.970 bits per heavy atom. The van der Waals surface area contributed by atoms with Gasteiger partial charge in [0.15, 0.2) is 10.6 Å². The van der Waals surface area contributed by atoms with Crippen LogP contribution in [0.1, 0.15) is 0 Å². The standard InChI is InChI=1S/C22H27N5O4S2/c1-24-21(19-6-4-5-7-20(19)31-3)23-27(22(24)32)16-25-12-14-26(15-13-25)33(28,29)18-10-8-17(30-2)9-11-18/h4-11H,12-16H2,1-3H3. The maximum Gasteiger partial charge on any atom is 0.243 e. The van der Waals surface area contributed by atoms with E-state index in [-0.39, 0.29) is 4.90 Å². The molecule has 0 atom stereocenters. The van der Waals surface area contributed by atoms with Gasteiger partial charge in [-0.1, -0.05) is 12.1 Å². The largest absolute Gasteiger partial charge is 0.497 e. The fourth-order valence-electron chi connectivity index (χ4n) is 3.84. The summed E-state index contributed by atoms with van der Waals surface area (Å²) in [6, 6.07) is 14.1. The molecule has 1 fully saturated rings. The molecule has 11 heteroatoms. The van der Waals surface area contributed by atoms with Crippen LogP contribution in [-0.2, 0) is 23.7 Å². The Morgan fingerprint density at radius 2 is 1.64 bits per heavy atom. The summed E-state index contributed by atoms with van der Waals surface area (Å²) in [4.78, 5) is 2.42. The summed E-state index contributed by atoms with van der Waals surface area (Å²) in [7, 11) is 1.51. The van der Waals surface area contributed by atoms with E-state index in [0.29, 0.717) is 43.4 Å². The molecule has 9 nitrogen and oxygen atoms in total. The van der Waals surface area contributed by atoms with Gasteiger partial charge >= 0.3 is 0 Å². The topological polar surface area (TPSA) is 81.8 Å². The summed E-state index contributed by atoms with van der Waals surface area (Å²) in [5.41, 5.74) is 0.864. The maximum absolute atomic E-state index is 13.0. The number of aromatic nitrogens is 3. The van der Waals surface area contributed by atoms with Gasteiger partial charge in [-0.15, -0.1) is 0 Å². The van der Waals surface area contributed by atoms with Crippen LogP contribution in [0.4, 0.5) is 0 Å². The molecule has 1 aliphatic rings. The SMILES string of the molecule is COc1ccc(S(=O)(=O)N2CCN(Cn3nc(-c4ccccc4OC)n(C)c3=S)CC2)cc1. The number of methoxy groups -OCH3 is 2. The molecule has 0 N–H and O–H groups in total. The number of rotatable bonds is 7. The van der Waals surface area contributed by atoms with Crippen LogP contribution in [0.25, 0.3) is 11.4 Å². The molecule has 2 heterocycles. The first-order valence-corrected chi connectivity index (χ1v) is 12.3. The predicted molar refractivity (Wildman–Crippen MR) is 127 cm³/mol. The van der Waals surface area contributed by atoms with Gasteiger partial charge in [0.05, 0.1) is 31.3 Å². The quantitative estimate of drug-likeness (QED) is 0.472. The molecule has 176 valence electrons. The third-order valence-electron chi connectivity index (χ3n) is 5.75. The van der Waals surface area contributed by atoms with E-state index in [4.69, 9.17) is 26.8 Å². The Hall–Kier alpha value is -2.73. The van der Waals surface area contributed by atoms with E-state index in [0.717, 1.165) is 17.1 Å². The number of hydrogen-bond donors (Lipinski definition) is 0. The van der Waals surface area contributed by atoms with Gasteiger partial charge in [0, 0.05) is 33.2 Å². The van der Waals surface area contributed by atoms with Crippen molar-refractivity contribution in [1.82, 2.24) is 23.6 Å². The molecule has 0 unspecified atom stereocenters. The molecular weight excluding hydrogens is 462 g/mol. The lowest BCUT2D eigenvalue weighted by molar-refractivity contribution is 0.144. The number of sulfonamides is 1. The molecule has 2 aromatic carbocycles. The minimum Gasteiger partial charge on any atom is -0.497 e. The third-order valence-corrected chi connectivity index (χ3v) is 8.15. The zero-order valence-electron chi connectivity index (χ0n) is 18.8. The van der Waals surface area contributed by atoms with Gasteiger partial charge in [-0.3, -0.25) is 4.90 Å². The van der Waals surface area contributed by atoms with Crippen molar-refractivity contribution in [2.45, 2.75) is 11.6 Å². The van der Waals surface area contributed by atoms with Crippen molar-refractivity contribution in [3.8, 4) is 22.9 Å². The number of benzene rings is 2. The van der Waals surface area contributed by atoms with Crippen LogP contribution in [0.2, 0.25) is 0 Å². The van der Waals surface area contributed by atoms with Gasteiger partial charge in [0.2, 0.25) is 10.0 Å². The highest BCUT2D eigenvalue weighted by atomic mass is 32.2. The first-order chi connectivity index (χ1) is 15.8. The summed E-state index contributed by atoms with van der Waals surface area (Å²) in [6.07, 6.45) is 0. The minimum atomic E-state index is -3.55. The highest BCUT2D eigenvalue weighted by Gasteiger charge is 2.29. The molecule has 0 aliphatic carbocycles. The Labute approximate surface area is 198 Å². The summed E-state index contributed by atoms with van der Waals surface area (Å²) in [5, 5.41) is 4.72. The Bertz CT molecular complexity index is 1280. The average Bonchev–Trinajstić information content (AvgIpc) is 3.12. The number of hydrogen-bond acceptors (Lipinski definition) is 7. The van der Waals surface area contributed by atoms with Gasteiger partial charge in [-0.25, -0.2) is 13.1 Å². The van der Waals surface area contributed by atoms with Gasteiger partial charge in [0.25, 0.3) is 0 Å². The van der Waals surface area contributed by atoms with Crippen LogP contribution in [0.15, 0.2) is 53.4 Å². The smallest absolute Gasteiger partial charge is 0.243 e. The summed E-state index contributed by atoms with van der Waals surface area (Å²) in [5.74, 6) is 2.07. The normalized spacial score (nSPS) is 15.5. The van der Waals surface area contributed by atoms with Crippen LogP contribution in [0.5, 0.6) is 11.5 Å².